The summed E-state index contributed by atoms with van der Waals surface area (Å²) in [4.78, 5) is 12.3. The van der Waals surface area contributed by atoms with Gasteiger partial charge in [-0.15, -0.1) is 0 Å². The molecule has 0 atom stereocenters. The number of rotatable bonds is 5. The van der Waals surface area contributed by atoms with Crippen LogP contribution in [-0.4, -0.2) is 38.8 Å². The highest BCUT2D eigenvalue weighted by molar-refractivity contribution is 7.89. The fourth-order valence-electron chi connectivity index (χ4n) is 2.57. The number of anilines is 1. The summed E-state index contributed by atoms with van der Waals surface area (Å²) in [6.07, 6.45) is 1.67. The van der Waals surface area contributed by atoms with Crippen molar-refractivity contribution in [1.29, 1.82) is 0 Å². The molecular formula is C16H18N2O5S. The summed E-state index contributed by atoms with van der Waals surface area (Å²) < 4.78 is 36.6. The molecule has 1 aliphatic heterocycles. The molecular weight excluding hydrogens is 332 g/mol. The zero-order chi connectivity index (χ0) is 17.2. The van der Waals surface area contributed by atoms with E-state index in [-0.39, 0.29) is 10.9 Å². The highest BCUT2D eigenvalue weighted by Gasteiger charge is 2.30. The van der Waals surface area contributed by atoms with Crippen molar-refractivity contribution in [2.24, 2.45) is 0 Å². The highest BCUT2D eigenvalue weighted by Crippen LogP contribution is 2.26. The van der Waals surface area contributed by atoms with Crippen molar-refractivity contribution < 1.29 is 22.4 Å². The molecule has 1 N–H and O–H groups in total. The first kappa shape index (κ1) is 16.5. The van der Waals surface area contributed by atoms with Crippen LogP contribution in [0.15, 0.2) is 45.9 Å². The van der Waals surface area contributed by atoms with Crippen molar-refractivity contribution in [3.05, 3.63) is 42.2 Å². The molecule has 7 nitrogen and oxygen atoms in total. The smallest absolute Gasteiger partial charge is 0.291 e. The van der Waals surface area contributed by atoms with Gasteiger partial charge < -0.3 is 14.5 Å². The molecule has 24 heavy (non-hydrogen) atoms. The summed E-state index contributed by atoms with van der Waals surface area (Å²) in [5.41, 5.74) is 0.477. The Balaban J connectivity index is 1.79. The van der Waals surface area contributed by atoms with E-state index in [1.807, 2.05) is 0 Å². The lowest BCUT2D eigenvalue weighted by molar-refractivity contribution is 0.0991. The van der Waals surface area contributed by atoms with Gasteiger partial charge in [0.2, 0.25) is 5.09 Å². The third-order valence-corrected chi connectivity index (χ3v) is 5.59. The normalized spacial score (nSPS) is 15.4. The molecule has 1 aromatic carbocycles. The average molecular weight is 350 g/mol. The lowest BCUT2D eigenvalue weighted by Gasteiger charge is -2.12. The quantitative estimate of drug-likeness (QED) is 0.894. The molecule has 1 aromatic heterocycles. The van der Waals surface area contributed by atoms with Crippen LogP contribution in [0, 0.1) is 0 Å². The topological polar surface area (TPSA) is 88.8 Å². The van der Waals surface area contributed by atoms with Crippen LogP contribution in [0.2, 0.25) is 0 Å². The van der Waals surface area contributed by atoms with Crippen LogP contribution in [0.1, 0.15) is 23.4 Å². The monoisotopic (exact) mass is 350 g/mol. The van der Waals surface area contributed by atoms with Gasteiger partial charge in [-0.2, -0.15) is 4.31 Å². The molecule has 1 aliphatic rings. The van der Waals surface area contributed by atoms with Crippen molar-refractivity contribution in [3.8, 4) is 5.75 Å². The number of sulfonamides is 1. The highest BCUT2D eigenvalue weighted by atomic mass is 32.2. The third kappa shape index (κ3) is 3.15. The van der Waals surface area contributed by atoms with Gasteiger partial charge in [0.15, 0.2) is 5.76 Å². The lowest BCUT2D eigenvalue weighted by Crippen LogP contribution is -2.27. The number of hydrogen-bond donors (Lipinski definition) is 1. The number of amides is 1. The van der Waals surface area contributed by atoms with E-state index < -0.39 is 15.9 Å². The summed E-state index contributed by atoms with van der Waals surface area (Å²) in [5, 5.41) is 2.43. The molecule has 8 heteroatoms. The second-order valence-electron chi connectivity index (χ2n) is 5.38. The van der Waals surface area contributed by atoms with E-state index in [2.05, 4.69) is 5.32 Å². The first-order chi connectivity index (χ1) is 11.5. The maximum atomic E-state index is 12.4. The predicted octanol–water partition coefficient (Wildman–Crippen LogP) is 2.33. The molecule has 1 amide bonds. The summed E-state index contributed by atoms with van der Waals surface area (Å²) in [7, 11) is -2.18. The van der Waals surface area contributed by atoms with E-state index in [4.69, 9.17) is 9.15 Å². The van der Waals surface area contributed by atoms with E-state index in [0.29, 0.717) is 24.5 Å². The lowest BCUT2D eigenvalue weighted by atomic mass is 10.3. The van der Waals surface area contributed by atoms with Crippen molar-refractivity contribution in [2.45, 2.75) is 17.9 Å². The fourth-order valence-corrected chi connectivity index (χ4v) is 4.00. The van der Waals surface area contributed by atoms with Crippen LogP contribution in [0.3, 0.4) is 0 Å². The van der Waals surface area contributed by atoms with Gasteiger partial charge >= 0.3 is 0 Å². The minimum absolute atomic E-state index is 0.0707. The van der Waals surface area contributed by atoms with E-state index in [0.717, 1.165) is 12.8 Å². The summed E-state index contributed by atoms with van der Waals surface area (Å²) in [5.74, 6) is -0.108. The number of benzene rings is 1. The number of para-hydroxylation sites is 2. The standard InChI is InChI=1S/C16H18N2O5S/c1-22-13-7-3-2-6-12(13)17-16(19)14-8-9-15(23-14)24(20,21)18-10-4-5-11-18/h2-3,6-9H,4-5,10-11H2,1H3,(H,17,19). The number of nitrogens with one attached hydrogen (secondary N) is 1. The van der Waals surface area contributed by atoms with E-state index in [1.54, 1.807) is 24.3 Å². The minimum Gasteiger partial charge on any atom is -0.495 e. The minimum atomic E-state index is -3.68. The Morgan fingerprint density at radius 3 is 2.58 bits per heavy atom. The average Bonchev–Trinajstić information content (AvgIpc) is 3.27. The molecule has 0 aliphatic carbocycles. The molecule has 1 fully saturated rings. The molecule has 0 spiro atoms. The van der Waals surface area contributed by atoms with Crippen LogP contribution in [0.4, 0.5) is 5.69 Å². The first-order valence-corrected chi connectivity index (χ1v) is 9.01. The van der Waals surface area contributed by atoms with Crippen molar-refractivity contribution in [3.63, 3.8) is 0 Å². The molecule has 2 heterocycles. The number of ether oxygens (including phenoxy) is 1. The van der Waals surface area contributed by atoms with Gasteiger partial charge in [0.1, 0.15) is 5.75 Å². The zero-order valence-electron chi connectivity index (χ0n) is 13.2. The Kier molecular flexibility index (Phi) is 4.59. The number of nitrogens with zero attached hydrogens (tertiary/aromatic N) is 1. The second kappa shape index (κ2) is 6.66. The van der Waals surface area contributed by atoms with Gasteiger partial charge in [-0.1, -0.05) is 12.1 Å². The fraction of sp³-hybridized carbons (Fsp3) is 0.312. The SMILES string of the molecule is COc1ccccc1NC(=O)c1ccc(S(=O)(=O)N2CCCC2)o1. The molecule has 0 saturated carbocycles. The largest absolute Gasteiger partial charge is 0.495 e. The maximum absolute atomic E-state index is 12.4. The van der Waals surface area contributed by atoms with Gasteiger partial charge in [-0.05, 0) is 37.1 Å². The van der Waals surface area contributed by atoms with Crippen LogP contribution in [-0.2, 0) is 10.0 Å². The van der Waals surface area contributed by atoms with E-state index >= 15 is 0 Å². The van der Waals surface area contributed by atoms with Crippen LogP contribution >= 0.6 is 0 Å². The number of carbonyl (C=O) groups is 1. The maximum Gasteiger partial charge on any atom is 0.291 e. The van der Waals surface area contributed by atoms with E-state index in [9.17, 15) is 13.2 Å². The molecule has 2 aromatic rings. The second-order valence-corrected chi connectivity index (χ2v) is 7.25. The Morgan fingerprint density at radius 1 is 1.17 bits per heavy atom. The predicted molar refractivity (Wildman–Crippen MR) is 87.6 cm³/mol. The number of hydrogen-bond acceptors (Lipinski definition) is 5. The molecule has 3 rings (SSSR count). The molecule has 128 valence electrons. The van der Waals surface area contributed by atoms with E-state index in [1.165, 1.54) is 23.5 Å². The number of carbonyl (C=O) groups excluding carboxylic acids is 1. The third-order valence-electron chi connectivity index (χ3n) is 3.82. The Morgan fingerprint density at radius 2 is 1.88 bits per heavy atom. The summed E-state index contributed by atoms with van der Waals surface area (Å²) in [6.45, 7) is 0.956. The van der Waals surface area contributed by atoms with Crippen LogP contribution < -0.4 is 10.1 Å². The first-order valence-electron chi connectivity index (χ1n) is 7.57. The van der Waals surface area contributed by atoms with Crippen LogP contribution in [0.25, 0.3) is 0 Å². The summed E-state index contributed by atoms with van der Waals surface area (Å²) in [6, 6.07) is 9.59. The Bertz CT molecular complexity index is 838. The Hall–Kier alpha value is -2.32. The van der Waals surface area contributed by atoms with Crippen molar-refractivity contribution >= 4 is 21.6 Å². The van der Waals surface area contributed by atoms with Gasteiger partial charge in [0.05, 0.1) is 12.8 Å². The number of furan rings is 1. The van der Waals surface area contributed by atoms with Crippen molar-refractivity contribution in [1.82, 2.24) is 4.31 Å². The molecule has 0 bridgehead atoms. The molecule has 1 saturated heterocycles. The van der Waals surface area contributed by atoms with Crippen LogP contribution in [0.5, 0.6) is 5.75 Å². The molecule has 0 unspecified atom stereocenters. The zero-order valence-corrected chi connectivity index (χ0v) is 14.0. The molecule has 0 radical (unpaired) electrons. The van der Waals surface area contributed by atoms with Gasteiger partial charge in [-0.25, -0.2) is 8.42 Å². The number of methoxy groups -OCH3 is 1. The van der Waals surface area contributed by atoms with Crippen molar-refractivity contribution in [2.75, 3.05) is 25.5 Å². The van der Waals surface area contributed by atoms with Gasteiger partial charge in [0.25, 0.3) is 15.9 Å². The van der Waals surface area contributed by atoms with Gasteiger partial charge in [0, 0.05) is 13.1 Å². The van der Waals surface area contributed by atoms with Gasteiger partial charge in [-0.3, -0.25) is 4.79 Å². The Labute approximate surface area is 140 Å². The summed E-state index contributed by atoms with van der Waals surface area (Å²) >= 11 is 0.